The average Bonchev–Trinajstić information content (AvgIpc) is 2.71. The molecule has 0 saturated carbocycles. The molecule has 0 radical (unpaired) electrons. The number of para-hydroxylation sites is 1. The van der Waals surface area contributed by atoms with E-state index < -0.39 is 53.1 Å². The smallest absolute Gasteiger partial charge is 0.308 e. The van der Waals surface area contributed by atoms with Crippen LogP contribution in [0.3, 0.4) is 0 Å². The Kier molecular flexibility index (Phi) is 7.94. The SMILES string of the molecule is O=C(Nc1cc(Cl)cc(Cl)c1)Nc1ccccc1C(F)(F)C(F)(F)C(F)(F)C(F)(F)C(F)(F)C(F)(F)F. The summed E-state index contributed by atoms with van der Waals surface area (Å²) >= 11 is 11.3. The van der Waals surface area contributed by atoms with Gasteiger partial charge < -0.3 is 10.6 Å². The van der Waals surface area contributed by atoms with Crippen molar-refractivity contribution in [3.8, 4) is 0 Å². The minimum atomic E-state index is -8.04. The minimum Gasteiger partial charge on any atom is -0.308 e. The van der Waals surface area contributed by atoms with E-state index in [0.717, 1.165) is 18.2 Å². The Morgan fingerprint density at radius 1 is 0.622 bits per heavy atom. The molecule has 2 amide bonds. The standard InChI is InChI=1S/C19H9Cl2F13N2O/c20-8-5-9(21)7-10(6-8)35-13(37)36-12-4-2-1-3-11(12)14(22,23)15(24,25)16(26,27)17(28,29)18(30,31)19(32,33)34/h1-7H,(H2,35,36,37). The van der Waals surface area contributed by atoms with Gasteiger partial charge >= 0.3 is 41.8 Å². The Labute approximate surface area is 207 Å². The molecular weight excluding hydrogens is 590 g/mol. The number of hydrogen-bond donors (Lipinski definition) is 2. The van der Waals surface area contributed by atoms with Crippen molar-refractivity contribution in [2.75, 3.05) is 10.6 Å². The molecule has 0 fully saturated rings. The molecule has 2 N–H and O–H groups in total. The van der Waals surface area contributed by atoms with E-state index in [1.807, 2.05) is 5.32 Å². The summed E-state index contributed by atoms with van der Waals surface area (Å²) in [4.78, 5) is 12.1. The van der Waals surface area contributed by atoms with Gasteiger partial charge in [0.1, 0.15) is 0 Å². The topological polar surface area (TPSA) is 41.1 Å². The highest BCUT2D eigenvalue weighted by Gasteiger charge is 2.91. The molecule has 0 aliphatic heterocycles. The highest BCUT2D eigenvalue weighted by molar-refractivity contribution is 6.35. The van der Waals surface area contributed by atoms with E-state index in [2.05, 4.69) is 0 Å². The van der Waals surface area contributed by atoms with Crippen molar-refractivity contribution in [1.82, 2.24) is 0 Å². The van der Waals surface area contributed by atoms with Gasteiger partial charge in [0.15, 0.2) is 0 Å². The molecule has 0 aliphatic rings. The summed E-state index contributed by atoms with van der Waals surface area (Å²) in [6.07, 6.45) is -7.52. The summed E-state index contributed by atoms with van der Waals surface area (Å²) in [7, 11) is 0. The molecule has 0 spiro atoms. The van der Waals surface area contributed by atoms with Crippen LogP contribution in [0.5, 0.6) is 0 Å². The first-order valence-electron chi connectivity index (χ1n) is 9.10. The summed E-state index contributed by atoms with van der Waals surface area (Å²) in [5.41, 5.74) is -3.96. The molecule has 0 unspecified atom stereocenters. The normalized spacial score (nSPS) is 13.9. The molecule has 0 aliphatic carbocycles. The molecule has 0 aromatic heterocycles. The van der Waals surface area contributed by atoms with Crippen molar-refractivity contribution in [1.29, 1.82) is 0 Å². The van der Waals surface area contributed by atoms with Crippen LogP contribution in [0.4, 0.5) is 73.2 Å². The second kappa shape index (κ2) is 9.60. The molecule has 3 nitrogen and oxygen atoms in total. The lowest BCUT2D eigenvalue weighted by atomic mass is 9.90. The fraction of sp³-hybridized carbons (Fsp3) is 0.316. The van der Waals surface area contributed by atoms with Crippen molar-refractivity contribution >= 4 is 40.6 Å². The van der Waals surface area contributed by atoms with Crippen LogP contribution >= 0.6 is 23.2 Å². The van der Waals surface area contributed by atoms with E-state index in [1.54, 1.807) is 0 Å². The van der Waals surface area contributed by atoms with Gasteiger partial charge in [-0.1, -0.05) is 41.4 Å². The number of benzene rings is 2. The fourth-order valence-electron chi connectivity index (χ4n) is 2.72. The lowest BCUT2D eigenvalue weighted by Crippen LogP contribution is -2.69. The van der Waals surface area contributed by atoms with E-state index in [4.69, 9.17) is 23.2 Å². The lowest BCUT2D eigenvalue weighted by Gasteiger charge is -2.40. The second-order valence-electron chi connectivity index (χ2n) is 7.15. The number of rotatable bonds is 7. The van der Waals surface area contributed by atoms with Gasteiger partial charge in [-0.05, 0) is 24.3 Å². The molecule has 18 heteroatoms. The summed E-state index contributed by atoms with van der Waals surface area (Å²) < 4.78 is 175. The number of hydrogen-bond acceptors (Lipinski definition) is 1. The van der Waals surface area contributed by atoms with Gasteiger partial charge in [0, 0.05) is 15.7 Å². The second-order valence-corrected chi connectivity index (χ2v) is 8.03. The molecule has 37 heavy (non-hydrogen) atoms. The minimum absolute atomic E-state index is 0.0480. The number of urea groups is 1. The summed E-state index contributed by atoms with van der Waals surface area (Å²) in [5.74, 6) is -38.0. The number of amides is 2. The monoisotopic (exact) mass is 598 g/mol. The number of nitrogens with one attached hydrogen (secondary N) is 2. The third kappa shape index (κ3) is 5.22. The Morgan fingerprint density at radius 2 is 1.08 bits per heavy atom. The predicted molar refractivity (Wildman–Crippen MR) is 105 cm³/mol. The maximum absolute atomic E-state index is 14.6. The number of carbonyl (C=O) groups is 1. The first-order valence-corrected chi connectivity index (χ1v) is 9.85. The molecular formula is C19H9Cl2F13N2O. The fourth-order valence-corrected chi connectivity index (χ4v) is 3.24. The Hall–Kier alpha value is -2.62. The highest BCUT2D eigenvalue weighted by atomic mass is 35.5. The van der Waals surface area contributed by atoms with Gasteiger partial charge in [0.05, 0.1) is 11.3 Å². The molecule has 0 saturated heterocycles. The number of anilines is 2. The van der Waals surface area contributed by atoms with E-state index in [-0.39, 0.29) is 21.8 Å². The van der Waals surface area contributed by atoms with Gasteiger partial charge in [-0.25, -0.2) is 4.79 Å². The largest absolute Gasteiger partial charge is 0.460 e. The van der Waals surface area contributed by atoms with Crippen molar-refractivity contribution in [2.45, 2.75) is 35.8 Å². The third-order valence-corrected chi connectivity index (χ3v) is 5.00. The quantitative estimate of drug-likeness (QED) is 0.307. The number of halogens is 15. The van der Waals surface area contributed by atoms with Gasteiger partial charge in [-0.3, -0.25) is 0 Å². The zero-order valence-electron chi connectivity index (χ0n) is 17.1. The highest BCUT2D eigenvalue weighted by Crippen LogP contribution is 2.62. The first kappa shape index (κ1) is 30.6. The molecule has 2 aromatic rings. The molecule has 2 aromatic carbocycles. The molecule has 0 atom stereocenters. The Bertz CT molecular complexity index is 1150. The molecule has 0 bridgehead atoms. The zero-order valence-corrected chi connectivity index (χ0v) is 18.6. The maximum Gasteiger partial charge on any atom is 0.460 e. The predicted octanol–water partition coefficient (Wildman–Crippen LogP) is 8.83. The van der Waals surface area contributed by atoms with Crippen molar-refractivity contribution < 1.29 is 61.9 Å². The van der Waals surface area contributed by atoms with Gasteiger partial charge in [0.25, 0.3) is 0 Å². The Balaban J connectivity index is 2.50. The lowest BCUT2D eigenvalue weighted by molar-refractivity contribution is -0.441. The number of alkyl halides is 13. The molecule has 2 rings (SSSR count). The Morgan fingerprint density at radius 3 is 1.57 bits per heavy atom. The zero-order chi connectivity index (χ0) is 28.8. The molecule has 0 heterocycles. The summed E-state index contributed by atoms with van der Waals surface area (Å²) in [6.45, 7) is 0. The van der Waals surface area contributed by atoms with E-state index in [1.165, 1.54) is 11.4 Å². The van der Waals surface area contributed by atoms with Gasteiger partial charge in [-0.2, -0.15) is 57.1 Å². The van der Waals surface area contributed by atoms with Crippen LogP contribution < -0.4 is 10.6 Å². The van der Waals surface area contributed by atoms with E-state index in [0.29, 0.717) is 12.1 Å². The van der Waals surface area contributed by atoms with Crippen LogP contribution in [0, 0.1) is 0 Å². The van der Waals surface area contributed by atoms with Crippen LogP contribution in [-0.4, -0.2) is 35.9 Å². The van der Waals surface area contributed by atoms with Crippen molar-refractivity contribution in [3.05, 3.63) is 58.1 Å². The first-order chi connectivity index (χ1) is 16.5. The van der Waals surface area contributed by atoms with Crippen LogP contribution in [0.15, 0.2) is 42.5 Å². The third-order valence-electron chi connectivity index (χ3n) is 4.57. The van der Waals surface area contributed by atoms with Crippen LogP contribution in [0.2, 0.25) is 10.0 Å². The van der Waals surface area contributed by atoms with E-state index in [9.17, 15) is 61.9 Å². The maximum atomic E-state index is 14.6. The molecule has 206 valence electrons. The van der Waals surface area contributed by atoms with Crippen LogP contribution in [0.25, 0.3) is 0 Å². The van der Waals surface area contributed by atoms with Crippen molar-refractivity contribution in [3.63, 3.8) is 0 Å². The van der Waals surface area contributed by atoms with Gasteiger partial charge in [-0.15, -0.1) is 0 Å². The summed E-state index contributed by atoms with van der Waals surface area (Å²) in [6, 6.07) is 3.35. The average molecular weight is 599 g/mol. The number of carbonyl (C=O) groups excluding carboxylic acids is 1. The van der Waals surface area contributed by atoms with Crippen LogP contribution in [0.1, 0.15) is 5.56 Å². The van der Waals surface area contributed by atoms with Gasteiger partial charge in [0.2, 0.25) is 0 Å². The summed E-state index contributed by atoms with van der Waals surface area (Å²) in [5, 5.41) is 3.35. The van der Waals surface area contributed by atoms with Crippen LogP contribution in [-0.2, 0) is 5.92 Å². The van der Waals surface area contributed by atoms with Crippen molar-refractivity contribution in [2.24, 2.45) is 0 Å². The van der Waals surface area contributed by atoms with E-state index >= 15 is 0 Å².